The second-order valence-corrected chi connectivity index (χ2v) is 7.27. The summed E-state index contributed by atoms with van der Waals surface area (Å²) >= 11 is 0. The van der Waals surface area contributed by atoms with Crippen LogP contribution in [-0.2, 0) is 18.9 Å². The Morgan fingerprint density at radius 1 is 0.606 bits per heavy atom. The molecule has 0 saturated carbocycles. The van der Waals surface area contributed by atoms with Crippen molar-refractivity contribution in [3.8, 4) is 22.6 Å². The quantitative estimate of drug-likeness (QED) is 0.516. The van der Waals surface area contributed by atoms with Crippen LogP contribution in [0.3, 0.4) is 0 Å². The molecule has 0 fully saturated rings. The number of hydrogen-bond acceptors (Lipinski definition) is 8. The summed E-state index contributed by atoms with van der Waals surface area (Å²) in [5, 5.41) is 0.737. The normalized spacial score (nSPS) is 17.2. The highest BCUT2D eigenvalue weighted by atomic mass is 16.6. The first-order chi connectivity index (χ1) is 16.3. The predicted molar refractivity (Wildman–Crippen MR) is 122 cm³/mol. The minimum Gasteiger partial charge on any atom is -0.487 e. The van der Waals surface area contributed by atoms with Gasteiger partial charge in [0, 0.05) is 5.39 Å². The summed E-state index contributed by atoms with van der Waals surface area (Å²) in [5.41, 5.74) is 1.18. The Balaban J connectivity index is 1.57. The Labute approximate surface area is 191 Å². The monoisotopic (exact) mass is 456 g/mol. The molecule has 0 unspecified atom stereocenters. The SMILES string of the molecule is O=c1oc2c3c(ccc2cc1-c1ccccc1)OCCOCCOCCOCCOCCO3. The third-order valence-corrected chi connectivity index (χ3v) is 4.98. The number of hydrogen-bond donors (Lipinski definition) is 0. The van der Waals surface area contributed by atoms with Gasteiger partial charge in [-0.15, -0.1) is 0 Å². The van der Waals surface area contributed by atoms with Gasteiger partial charge in [-0.05, 0) is 23.8 Å². The standard InChI is InChI=1S/C25H28O8/c26-25-21(19-4-2-1-3-5-19)18-20-6-7-22-24(23(20)33-25)32-17-15-30-13-11-28-9-8-27-10-12-29-14-16-31-22/h1-7,18H,8-17H2. The summed E-state index contributed by atoms with van der Waals surface area (Å²) in [7, 11) is 0. The van der Waals surface area contributed by atoms with Crippen molar-refractivity contribution < 1.29 is 32.8 Å². The van der Waals surface area contributed by atoms with Crippen molar-refractivity contribution in [2.75, 3.05) is 66.1 Å². The number of benzene rings is 2. The molecule has 1 aromatic heterocycles. The van der Waals surface area contributed by atoms with Crippen LogP contribution < -0.4 is 15.1 Å². The molecule has 0 aliphatic carbocycles. The first kappa shape index (κ1) is 23.3. The summed E-state index contributed by atoms with van der Waals surface area (Å²) in [6, 6.07) is 14.9. The van der Waals surface area contributed by atoms with E-state index in [0.29, 0.717) is 82.1 Å². The summed E-state index contributed by atoms with van der Waals surface area (Å²) in [6.07, 6.45) is 0. The van der Waals surface area contributed by atoms with Crippen LogP contribution in [-0.4, -0.2) is 66.1 Å². The van der Waals surface area contributed by atoms with E-state index in [9.17, 15) is 4.79 Å². The zero-order valence-electron chi connectivity index (χ0n) is 18.5. The summed E-state index contributed by atoms with van der Waals surface area (Å²) in [4.78, 5) is 12.8. The second-order valence-electron chi connectivity index (χ2n) is 7.27. The van der Waals surface area contributed by atoms with Gasteiger partial charge in [-0.1, -0.05) is 30.3 Å². The van der Waals surface area contributed by atoms with Gasteiger partial charge >= 0.3 is 5.63 Å². The lowest BCUT2D eigenvalue weighted by molar-refractivity contribution is -0.00838. The van der Waals surface area contributed by atoms with E-state index in [0.717, 1.165) is 10.9 Å². The minimum absolute atomic E-state index is 0.263. The molecule has 0 radical (unpaired) electrons. The molecule has 8 nitrogen and oxygen atoms in total. The first-order valence-corrected chi connectivity index (χ1v) is 11.1. The van der Waals surface area contributed by atoms with Gasteiger partial charge in [0.1, 0.15) is 13.2 Å². The molecular formula is C25H28O8. The maximum absolute atomic E-state index is 12.8. The Kier molecular flexibility index (Phi) is 8.71. The van der Waals surface area contributed by atoms with E-state index in [1.807, 2.05) is 48.5 Å². The van der Waals surface area contributed by atoms with Gasteiger partial charge in [-0.2, -0.15) is 0 Å². The largest absolute Gasteiger partial charge is 0.487 e. The molecule has 0 spiro atoms. The first-order valence-electron chi connectivity index (χ1n) is 11.1. The zero-order chi connectivity index (χ0) is 22.7. The lowest BCUT2D eigenvalue weighted by atomic mass is 10.1. The molecule has 1 aliphatic rings. The van der Waals surface area contributed by atoms with Gasteiger partial charge in [0.2, 0.25) is 5.75 Å². The minimum atomic E-state index is -0.443. The van der Waals surface area contributed by atoms with Gasteiger partial charge in [0.05, 0.1) is 58.4 Å². The lowest BCUT2D eigenvalue weighted by Gasteiger charge is -2.15. The second kappa shape index (κ2) is 12.4. The fraction of sp³-hybridized carbons (Fsp3) is 0.400. The molecule has 0 saturated heterocycles. The van der Waals surface area contributed by atoms with Crippen molar-refractivity contribution in [3.05, 3.63) is 59.0 Å². The summed E-state index contributed by atoms with van der Waals surface area (Å²) in [5.74, 6) is 0.843. The Morgan fingerprint density at radius 3 is 1.82 bits per heavy atom. The number of ether oxygens (including phenoxy) is 6. The van der Waals surface area contributed by atoms with Crippen LogP contribution >= 0.6 is 0 Å². The molecule has 1 aliphatic heterocycles. The molecule has 3 aromatic rings. The molecule has 0 N–H and O–H groups in total. The van der Waals surface area contributed by atoms with E-state index in [-0.39, 0.29) is 6.61 Å². The average Bonchev–Trinajstić information content (AvgIpc) is 2.84. The van der Waals surface area contributed by atoms with Gasteiger partial charge in [-0.25, -0.2) is 4.79 Å². The molecule has 176 valence electrons. The van der Waals surface area contributed by atoms with E-state index in [1.54, 1.807) is 0 Å². The fourth-order valence-electron chi connectivity index (χ4n) is 3.39. The third-order valence-electron chi connectivity index (χ3n) is 4.98. The average molecular weight is 456 g/mol. The molecule has 0 bridgehead atoms. The van der Waals surface area contributed by atoms with Crippen LogP contribution in [0.1, 0.15) is 0 Å². The highest BCUT2D eigenvalue weighted by Crippen LogP contribution is 2.36. The zero-order valence-corrected chi connectivity index (χ0v) is 18.5. The van der Waals surface area contributed by atoms with Crippen LogP contribution in [0.2, 0.25) is 0 Å². The Morgan fingerprint density at radius 2 is 1.18 bits per heavy atom. The van der Waals surface area contributed by atoms with E-state index in [4.69, 9.17) is 32.8 Å². The maximum Gasteiger partial charge on any atom is 0.344 e. The highest BCUT2D eigenvalue weighted by molar-refractivity contribution is 5.88. The van der Waals surface area contributed by atoms with Crippen LogP contribution in [0.25, 0.3) is 22.1 Å². The highest BCUT2D eigenvalue weighted by Gasteiger charge is 2.16. The molecule has 2 aromatic carbocycles. The predicted octanol–water partition coefficient (Wildman–Crippen LogP) is 3.30. The van der Waals surface area contributed by atoms with Crippen molar-refractivity contribution in [3.63, 3.8) is 0 Å². The van der Waals surface area contributed by atoms with Crippen molar-refractivity contribution in [2.24, 2.45) is 0 Å². The van der Waals surface area contributed by atoms with E-state index < -0.39 is 5.63 Å². The molecule has 4 rings (SSSR count). The van der Waals surface area contributed by atoms with Crippen molar-refractivity contribution >= 4 is 11.0 Å². The van der Waals surface area contributed by atoms with Gasteiger partial charge in [0.15, 0.2) is 11.3 Å². The Hall–Kier alpha value is -2.91. The van der Waals surface area contributed by atoms with E-state index in [1.165, 1.54) is 0 Å². The van der Waals surface area contributed by atoms with Crippen LogP contribution in [0.5, 0.6) is 11.5 Å². The third kappa shape index (κ3) is 6.55. The topological polar surface area (TPSA) is 85.6 Å². The van der Waals surface area contributed by atoms with Crippen LogP contribution in [0.15, 0.2) is 57.7 Å². The molecule has 33 heavy (non-hydrogen) atoms. The van der Waals surface area contributed by atoms with Gasteiger partial charge in [-0.3, -0.25) is 0 Å². The molecule has 2 heterocycles. The summed E-state index contributed by atoms with van der Waals surface area (Å²) in [6.45, 7) is 4.20. The smallest absolute Gasteiger partial charge is 0.344 e. The van der Waals surface area contributed by atoms with Crippen LogP contribution in [0, 0.1) is 0 Å². The van der Waals surface area contributed by atoms with Crippen molar-refractivity contribution in [1.29, 1.82) is 0 Å². The van der Waals surface area contributed by atoms with Crippen molar-refractivity contribution in [1.82, 2.24) is 0 Å². The fourth-order valence-corrected chi connectivity index (χ4v) is 3.39. The molecule has 0 amide bonds. The van der Waals surface area contributed by atoms with E-state index >= 15 is 0 Å². The summed E-state index contributed by atoms with van der Waals surface area (Å²) < 4.78 is 39.6. The van der Waals surface area contributed by atoms with Gasteiger partial charge in [0.25, 0.3) is 0 Å². The lowest BCUT2D eigenvalue weighted by Crippen LogP contribution is -2.16. The van der Waals surface area contributed by atoms with Crippen LogP contribution in [0.4, 0.5) is 0 Å². The Bertz CT molecular complexity index is 1060. The number of fused-ring (bicyclic) bond motifs is 3. The molecule has 0 atom stereocenters. The maximum atomic E-state index is 12.8. The molecular weight excluding hydrogens is 428 g/mol. The number of rotatable bonds is 1. The van der Waals surface area contributed by atoms with Crippen molar-refractivity contribution in [2.45, 2.75) is 0 Å². The van der Waals surface area contributed by atoms with E-state index in [2.05, 4.69) is 0 Å². The van der Waals surface area contributed by atoms with Gasteiger partial charge < -0.3 is 32.8 Å². The molecule has 8 heteroatoms.